The summed E-state index contributed by atoms with van der Waals surface area (Å²) in [6.07, 6.45) is 0. The van der Waals surface area contributed by atoms with Gasteiger partial charge in [-0.05, 0) is 34.0 Å². The highest BCUT2D eigenvalue weighted by atomic mass is 16.5. The molecule has 0 fully saturated rings. The summed E-state index contributed by atoms with van der Waals surface area (Å²) in [7, 11) is 1.65. The minimum Gasteiger partial charge on any atom is -0.497 e. The Morgan fingerprint density at radius 1 is 0.917 bits per heavy atom. The van der Waals surface area contributed by atoms with E-state index in [1.165, 1.54) is 10.8 Å². The number of carbonyl (C=O) groups excluding carboxylic acids is 1. The Bertz CT molecular complexity index is 835. The van der Waals surface area contributed by atoms with Crippen molar-refractivity contribution in [3.05, 3.63) is 77.9 Å². The van der Waals surface area contributed by atoms with Crippen molar-refractivity contribution >= 4 is 16.7 Å². The maximum atomic E-state index is 12.1. The maximum Gasteiger partial charge on any atom is 0.220 e. The largest absolute Gasteiger partial charge is 0.497 e. The van der Waals surface area contributed by atoms with Crippen molar-refractivity contribution in [3.63, 3.8) is 0 Å². The van der Waals surface area contributed by atoms with Gasteiger partial charge < -0.3 is 9.64 Å². The van der Waals surface area contributed by atoms with Crippen LogP contribution in [0.1, 0.15) is 18.1 Å². The highest BCUT2D eigenvalue weighted by Gasteiger charge is 2.12. The Morgan fingerprint density at radius 2 is 1.62 bits per heavy atom. The maximum absolute atomic E-state index is 12.1. The number of hydrogen-bond donors (Lipinski definition) is 0. The molecule has 0 saturated heterocycles. The van der Waals surface area contributed by atoms with Crippen molar-refractivity contribution in [1.29, 1.82) is 0 Å². The number of benzene rings is 3. The lowest BCUT2D eigenvalue weighted by Crippen LogP contribution is -2.27. The summed E-state index contributed by atoms with van der Waals surface area (Å²) in [6, 6.07) is 22.3. The first kappa shape index (κ1) is 16.1. The summed E-state index contributed by atoms with van der Waals surface area (Å²) in [5, 5.41) is 2.39. The van der Waals surface area contributed by atoms with Gasteiger partial charge in [0.25, 0.3) is 0 Å². The van der Waals surface area contributed by atoms with Crippen LogP contribution in [0, 0.1) is 0 Å². The van der Waals surface area contributed by atoms with Crippen LogP contribution in [0.15, 0.2) is 66.7 Å². The molecule has 24 heavy (non-hydrogen) atoms. The number of fused-ring (bicyclic) bond motifs is 1. The van der Waals surface area contributed by atoms with Gasteiger partial charge in [0.15, 0.2) is 0 Å². The van der Waals surface area contributed by atoms with Gasteiger partial charge in [-0.1, -0.05) is 54.6 Å². The molecule has 0 spiro atoms. The SMILES string of the molecule is COc1ccc(CN(Cc2cccc3ccccc23)C(C)=O)cc1. The first-order valence-electron chi connectivity index (χ1n) is 8.02. The third-order valence-electron chi connectivity index (χ3n) is 4.22. The molecule has 0 atom stereocenters. The second kappa shape index (κ2) is 7.18. The Morgan fingerprint density at radius 3 is 2.33 bits per heavy atom. The molecule has 0 aliphatic carbocycles. The lowest BCUT2D eigenvalue weighted by molar-refractivity contribution is -0.130. The summed E-state index contributed by atoms with van der Waals surface area (Å²) >= 11 is 0. The van der Waals surface area contributed by atoms with Crippen LogP contribution in [-0.2, 0) is 17.9 Å². The molecule has 3 aromatic rings. The summed E-state index contributed by atoms with van der Waals surface area (Å²) < 4.78 is 5.18. The van der Waals surface area contributed by atoms with Gasteiger partial charge in [0.2, 0.25) is 5.91 Å². The molecule has 0 aromatic heterocycles. The molecule has 0 heterocycles. The first-order valence-corrected chi connectivity index (χ1v) is 8.02. The van der Waals surface area contributed by atoms with E-state index in [9.17, 15) is 4.79 Å². The van der Waals surface area contributed by atoms with Gasteiger partial charge in [-0.3, -0.25) is 4.79 Å². The zero-order valence-electron chi connectivity index (χ0n) is 14.0. The van der Waals surface area contributed by atoms with E-state index < -0.39 is 0 Å². The number of methoxy groups -OCH3 is 1. The predicted molar refractivity (Wildman–Crippen MR) is 96.9 cm³/mol. The number of hydrogen-bond acceptors (Lipinski definition) is 2. The van der Waals surface area contributed by atoms with Gasteiger partial charge in [-0.2, -0.15) is 0 Å². The van der Waals surface area contributed by atoms with Gasteiger partial charge in [-0.25, -0.2) is 0 Å². The summed E-state index contributed by atoms with van der Waals surface area (Å²) in [5.41, 5.74) is 2.25. The molecule has 0 bridgehead atoms. The molecule has 122 valence electrons. The summed E-state index contributed by atoms with van der Waals surface area (Å²) in [4.78, 5) is 14.0. The third kappa shape index (κ3) is 3.57. The van der Waals surface area contributed by atoms with Crippen molar-refractivity contribution < 1.29 is 9.53 Å². The molecule has 0 unspecified atom stereocenters. The topological polar surface area (TPSA) is 29.5 Å². The molecule has 0 aliphatic heterocycles. The van der Waals surface area contributed by atoms with Crippen molar-refractivity contribution in [2.45, 2.75) is 20.0 Å². The fraction of sp³-hybridized carbons (Fsp3) is 0.190. The van der Waals surface area contributed by atoms with Crippen LogP contribution in [0.5, 0.6) is 5.75 Å². The van der Waals surface area contributed by atoms with Crippen LogP contribution in [0.3, 0.4) is 0 Å². The average molecular weight is 319 g/mol. The fourth-order valence-corrected chi connectivity index (χ4v) is 2.87. The van der Waals surface area contributed by atoms with Crippen LogP contribution < -0.4 is 4.74 Å². The minimum atomic E-state index is 0.0683. The second-order valence-corrected chi connectivity index (χ2v) is 5.86. The zero-order chi connectivity index (χ0) is 16.9. The smallest absolute Gasteiger partial charge is 0.220 e. The normalized spacial score (nSPS) is 10.6. The molecular formula is C21H21NO2. The van der Waals surface area contributed by atoms with E-state index in [1.54, 1.807) is 14.0 Å². The number of rotatable bonds is 5. The molecule has 0 N–H and O–H groups in total. The van der Waals surface area contributed by atoms with Crippen molar-refractivity contribution in [1.82, 2.24) is 4.90 Å². The Labute approximate surface area is 142 Å². The second-order valence-electron chi connectivity index (χ2n) is 5.86. The van der Waals surface area contributed by atoms with Crippen LogP contribution in [0.2, 0.25) is 0 Å². The van der Waals surface area contributed by atoms with Crippen LogP contribution in [0.25, 0.3) is 10.8 Å². The molecule has 3 rings (SSSR count). The van der Waals surface area contributed by atoms with E-state index >= 15 is 0 Å². The fourth-order valence-electron chi connectivity index (χ4n) is 2.87. The molecule has 0 aliphatic rings. The Kier molecular flexibility index (Phi) is 4.80. The van der Waals surface area contributed by atoms with E-state index in [-0.39, 0.29) is 5.91 Å². The standard InChI is InChI=1S/C21H21NO2/c1-16(23)22(14-17-10-12-20(24-2)13-11-17)15-19-8-5-7-18-6-3-4-9-21(18)19/h3-13H,14-15H2,1-2H3. The van der Waals surface area contributed by atoms with E-state index in [0.29, 0.717) is 13.1 Å². The van der Waals surface area contributed by atoms with Gasteiger partial charge in [0.1, 0.15) is 5.75 Å². The molecule has 3 nitrogen and oxygen atoms in total. The number of nitrogens with zero attached hydrogens (tertiary/aromatic N) is 1. The summed E-state index contributed by atoms with van der Waals surface area (Å²) in [6.45, 7) is 2.81. The number of ether oxygens (including phenoxy) is 1. The molecular weight excluding hydrogens is 298 g/mol. The highest BCUT2D eigenvalue weighted by molar-refractivity contribution is 5.86. The Balaban J connectivity index is 1.84. The van der Waals surface area contributed by atoms with Gasteiger partial charge in [-0.15, -0.1) is 0 Å². The molecule has 3 aromatic carbocycles. The number of amides is 1. The van der Waals surface area contributed by atoms with Crippen molar-refractivity contribution in [3.8, 4) is 5.75 Å². The lowest BCUT2D eigenvalue weighted by Gasteiger charge is -2.22. The van der Waals surface area contributed by atoms with Gasteiger partial charge in [0, 0.05) is 20.0 Å². The zero-order valence-corrected chi connectivity index (χ0v) is 14.0. The van der Waals surface area contributed by atoms with Crippen molar-refractivity contribution in [2.24, 2.45) is 0 Å². The van der Waals surface area contributed by atoms with E-state index in [4.69, 9.17) is 4.74 Å². The lowest BCUT2D eigenvalue weighted by atomic mass is 10.0. The molecule has 0 radical (unpaired) electrons. The van der Waals surface area contributed by atoms with E-state index in [2.05, 4.69) is 24.3 Å². The molecule has 1 amide bonds. The van der Waals surface area contributed by atoms with Crippen molar-refractivity contribution in [2.75, 3.05) is 7.11 Å². The van der Waals surface area contributed by atoms with E-state index in [0.717, 1.165) is 16.9 Å². The van der Waals surface area contributed by atoms with Crippen LogP contribution in [-0.4, -0.2) is 17.9 Å². The molecule has 0 saturated carbocycles. The minimum absolute atomic E-state index is 0.0683. The molecule has 3 heteroatoms. The monoisotopic (exact) mass is 319 g/mol. The quantitative estimate of drug-likeness (QED) is 0.698. The predicted octanol–water partition coefficient (Wildman–Crippen LogP) is 4.40. The number of carbonyl (C=O) groups is 1. The van der Waals surface area contributed by atoms with Gasteiger partial charge in [0.05, 0.1) is 7.11 Å². The highest BCUT2D eigenvalue weighted by Crippen LogP contribution is 2.21. The van der Waals surface area contributed by atoms with Crippen LogP contribution >= 0.6 is 0 Å². The van der Waals surface area contributed by atoms with Crippen LogP contribution in [0.4, 0.5) is 0 Å². The average Bonchev–Trinajstić information content (AvgIpc) is 2.62. The summed E-state index contributed by atoms with van der Waals surface area (Å²) in [5.74, 6) is 0.890. The first-order chi connectivity index (χ1) is 11.7. The Hall–Kier alpha value is -2.81. The van der Waals surface area contributed by atoms with Gasteiger partial charge >= 0.3 is 0 Å². The third-order valence-corrected chi connectivity index (χ3v) is 4.22. The van der Waals surface area contributed by atoms with E-state index in [1.807, 2.05) is 47.4 Å².